The number of aliphatic hydroxyl groups is 1. The van der Waals surface area contributed by atoms with E-state index >= 15 is 0 Å². The molecule has 0 amide bonds. The smallest absolute Gasteiger partial charge is 0.154 e. The molecule has 3 rings (SSSR count). The Kier molecular flexibility index (Phi) is 5.91. The summed E-state index contributed by atoms with van der Waals surface area (Å²) in [4.78, 5) is 0. The van der Waals surface area contributed by atoms with E-state index in [0.29, 0.717) is 29.0 Å². The molecule has 1 unspecified atom stereocenters. The third kappa shape index (κ3) is 4.19. The van der Waals surface area contributed by atoms with Crippen LogP contribution < -0.4 is 11.1 Å². The van der Waals surface area contributed by atoms with Crippen LogP contribution in [0.2, 0.25) is 0 Å². The van der Waals surface area contributed by atoms with Crippen LogP contribution in [0.3, 0.4) is 0 Å². The van der Waals surface area contributed by atoms with Gasteiger partial charge >= 0.3 is 0 Å². The lowest BCUT2D eigenvalue weighted by Gasteiger charge is -2.28. The SMILES string of the molecule is C/C=C\C(O)=C(/C)c1cc(-c2cnn(C(C)C3CCNCC3)c2)c(N)nn1. The number of hydrogen-bond acceptors (Lipinski definition) is 6. The van der Waals surface area contributed by atoms with Gasteiger partial charge in [-0.1, -0.05) is 6.08 Å². The van der Waals surface area contributed by atoms with Gasteiger partial charge in [-0.15, -0.1) is 10.2 Å². The van der Waals surface area contributed by atoms with Gasteiger partial charge in [0.2, 0.25) is 0 Å². The summed E-state index contributed by atoms with van der Waals surface area (Å²) in [5.74, 6) is 1.13. The maximum atomic E-state index is 10.1. The van der Waals surface area contributed by atoms with E-state index in [9.17, 15) is 5.11 Å². The average Bonchev–Trinajstić information content (AvgIpc) is 3.18. The van der Waals surface area contributed by atoms with E-state index in [1.165, 1.54) is 0 Å². The molecule has 7 heteroatoms. The molecule has 2 aromatic heterocycles. The zero-order valence-electron chi connectivity index (χ0n) is 16.2. The second-order valence-electron chi connectivity index (χ2n) is 7.08. The number of anilines is 1. The molecular weight excluding hydrogens is 340 g/mol. The molecule has 0 saturated carbocycles. The van der Waals surface area contributed by atoms with Gasteiger partial charge in [0.05, 0.1) is 17.9 Å². The maximum absolute atomic E-state index is 10.1. The lowest BCUT2D eigenvalue weighted by atomic mass is 9.91. The Bertz CT molecular complexity index is 848. The van der Waals surface area contributed by atoms with Crippen molar-refractivity contribution in [3.63, 3.8) is 0 Å². The Morgan fingerprint density at radius 3 is 2.81 bits per heavy atom. The number of hydrogen-bond donors (Lipinski definition) is 3. The number of aliphatic hydroxyl groups excluding tert-OH is 1. The lowest BCUT2D eigenvalue weighted by molar-refractivity contribution is 0.261. The Hall–Kier alpha value is -2.67. The summed E-state index contributed by atoms with van der Waals surface area (Å²) in [7, 11) is 0. The number of allylic oxidation sites excluding steroid dienone is 3. The van der Waals surface area contributed by atoms with Crippen molar-refractivity contribution in [2.24, 2.45) is 5.92 Å². The van der Waals surface area contributed by atoms with Gasteiger partial charge in [0.15, 0.2) is 5.82 Å². The molecule has 0 aromatic carbocycles. The highest BCUT2D eigenvalue weighted by Gasteiger charge is 2.22. The number of nitrogens with two attached hydrogens (primary N) is 1. The van der Waals surface area contributed by atoms with E-state index in [0.717, 1.165) is 37.1 Å². The molecule has 4 N–H and O–H groups in total. The lowest BCUT2D eigenvalue weighted by Crippen LogP contribution is -2.31. The monoisotopic (exact) mass is 368 g/mol. The summed E-state index contributed by atoms with van der Waals surface area (Å²) in [6, 6.07) is 2.19. The van der Waals surface area contributed by atoms with Crippen LogP contribution in [-0.2, 0) is 0 Å². The topological polar surface area (TPSA) is 102 Å². The average molecular weight is 368 g/mol. The quantitative estimate of drug-likeness (QED) is 0.552. The summed E-state index contributed by atoms with van der Waals surface area (Å²) in [5, 5.41) is 26.3. The van der Waals surface area contributed by atoms with Crippen molar-refractivity contribution in [3.8, 4) is 11.1 Å². The number of nitrogen functional groups attached to an aromatic ring is 1. The van der Waals surface area contributed by atoms with Crippen molar-refractivity contribution in [1.82, 2.24) is 25.3 Å². The van der Waals surface area contributed by atoms with E-state index in [2.05, 4.69) is 27.5 Å². The van der Waals surface area contributed by atoms with Crippen molar-refractivity contribution >= 4 is 11.4 Å². The first-order chi connectivity index (χ1) is 13.0. The fraction of sp³-hybridized carbons (Fsp3) is 0.450. The first-order valence-corrected chi connectivity index (χ1v) is 9.42. The molecule has 1 fully saturated rings. The second-order valence-corrected chi connectivity index (χ2v) is 7.08. The van der Waals surface area contributed by atoms with Crippen LogP contribution in [0.15, 0.2) is 36.4 Å². The largest absolute Gasteiger partial charge is 0.508 e. The van der Waals surface area contributed by atoms with Crippen molar-refractivity contribution in [1.29, 1.82) is 0 Å². The molecule has 144 valence electrons. The fourth-order valence-electron chi connectivity index (χ4n) is 3.47. The number of piperidine rings is 1. The van der Waals surface area contributed by atoms with E-state index in [1.807, 2.05) is 37.0 Å². The molecule has 27 heavy (non-hydrogen) atoms. The van der Waals surface area contributed by atoms with Crippen LogP contribution in [0.4, 0.5) is 5.82 Å². The highest BCUT2D eigenvalue weighted by atomic mass is 16.3. The minimum Gasteiger partial charge on any atom is -0.508 e. The van der Waals surface area contributed by atoms with Crippen LogP contribution in [0, 0.1) is 5.92 Å². The number of aromatic nitrogens is 4. The number of rotatable bonds is 5. The molecule has 1 aliphatic rings. The molecule has 0 aliphatic carbocycles. The molecule has 1 atom stereocenters. The summed E-state index contributed by atoms with van der Waals surface area (Å²) in [6.07, 6.45) is 9.57. The first kappa shape index (κ1) is 19.1. The van der Waals surface area contributed by atoms with E-state index in [4.69, 9.17) is 5.73 Å². The van der Waals surface area contributed by atoms with E-state index in [-0.39, 0.29) is 5.76 Å². The van der Waals surface area contributed by atoms with Crippen LogP contribution in [-0.4, -0.2) is 38.2 Å². The summed E-state index contributed by atoms with van der Waals surface area (Å²) in [5.41, 5.74) is 8.99. The first-order valence-electron chi connectivity index (χ1n) is 9.42. The van der Waals surface area contributed by atoms with Gasteiger partial charge in [0.25, 0.3) is 0 Å². The van der Waals surface area contributed by atoms with Gasteiger partial charge in [-0.05, 0) is 64.8 Å². The Balaban J connectivity index is 1.89. The molecule has 1 aliphatic heterocycles. The van der Waals surface area contributed by atoms with Gasteiger partial charge in [0, 0.05) is 22.9 Å². The van der Waals surface area contributed by atoms with Crippen LogP contribution in [0.5, 0.6) is 0 Å². The molecule has 0 radical (unpaired) electrons. The Morgan fingerprint density at radius 1 is 1.37 bits per heavy atom. The second kappa shape index (κ2) is 8.35. The third-order valence-corrected chi connectivity index (χ3v) is 5.31. The predicted molar refractivity (Wildman–Crippen MR) is 108 cm³/mol. The van der Waals surface area contributed by atoms with Crippen molar-refractivity contribution in [2.75, 3.05) is 18.8 Å². The van der Waals surface area contributed by atoms with Gasteiger partial charge in [-0.2, -0.15) is 5.10 Å². The zero-order chi connectivity index (χ0) is 19.4. The minimum absolute atomic E-state index is 0.165. The molecule has 1 saturated heterocycles. The van der Waals surface area contributed by atoms with Crippen LogP contribution >= 0.6 is 0 Å². The van der Waals surface area contributed by atoms with Crippen molar-refractivity contribution in [2.45, 2.75) is 39.7 Å². The highest BCUT2D eigenvalue weighted by Crippen LogP contribution is 2.30. The van der Waals surface area contributed by atoms with E-state index in [1.54, 1.807) is 12.2 Å². The molecule has 7 nitrogen and oxygen atoms in total. The normalized spacial score (nSPS) is 17.9. The van der Waals surface area contributed by atoms with Gasteiger partial charge in [-0.3, -0.25) is 4.68 Å². The highest BCUT2D eigenvalue weighted by molar-refractivity contribution is 5.76. The number of nitrogens with one attached hydrogen (secondary N) is 1. The summed E-state index contributed by atoms with van der Waals surface area (Å²) >= 11 is 0. The van der Waals surface area contributed by atoms with Crippen molar-refractivity contribution in [3.05, 3.63) is 42.1 Å². The van der Waals surface area contributed by atoms with Gasteiger partial charge < -0.3 is 16.2 Å². The molecule has 2 aromatic rings. The minimum atomic E-state index is 0.165. The Labute approximate surface area is 160 Å². The van der Waals surface area contributed by atoms with Crippen LogP contribution in [0.25, 0.3) is 16.7 Å². The molecule has 3 heterocycles. The Morgan fingerprint density at radius 2 is 2.11 bits per heavy atom. The molecule has 0 spiro atoms. The zero-order valence-corrected chi connectivity index (χ0v) is 16.2. The molecular formula is C20H28N6O. The summed E-state index contributed by atoms with van der Waals surface area (Å²) in [6.45, 7) is 8.00. The van der Waals surface area contributed by atoms with Crippen LogP contribution in [0.1, 0.15) is 45.3 Å². The maximum Gasteiger partial charge on any atom is 0.154 e. The fourth-order valence-corrected chi connectivity index (χ4v) is 3.47. The summed E-state index contributed by atoms with van der Waals surface area (Å²) < 4.78 is 2.02. The van der Waals surface area contributed by atoms with Gasteiger partial charge in [-0.25, -0.2) is 0 Å². The standard InChI is InChI=1S/C20H28N6O/c1-4-5-19(27)13(2)18-10-17(20(21)25-24-18)16-11-23-26(12-16)14(3)15-6-8-22-9-7-15/h4-5,10-12,14-15,22,27H,6-9H2,1-3H3,(H2,21,25)/b5-4-,19-13-. The number of nitrogens with zero attached hydrogens (tertiary/aromatic N) is 4. The van der Waals surface area contributed by atoms with E-state index < -0.39 is 0 Å². The predicted octanol–water partition coefficient (Wildman–Crippen LogP) is 3.35. The third-order valence-electron chi connectivity index (χ3n) is 5.31. The van der Waals surface area contributed by atoms with Crippen molar-refractivity contribution < 1.29 is 5.11 Å². The van der Waals surface area contributed by atoms with Gasteiger partial charge in [0.1, 0.15) is 5.76 Å². The molecule has 0 bridgehead atoms.